The van der Waals surface area contributed by atoms with Gasteiger partial charge in [-0.05, 0) is 32.9 Å². The molecule has 1 N–H and O–H groups in total. The van der Waals surface area contributed by atoms with Crippen molar-refractivity contribution in [3.05, 3.63) is 39.9 Å². The average Bonchev–Trinajstić information content (AvgIpc) is 2.76. The molecule has 5 heteroatoms. The summed E-state index contributed by atoms with van der Waals surface area (Å²) in [5.74, 6) is 0. The van der Waals surface area contributed by atoms with Crippen LogP contribution in [0.2, 0.25) is 0 Å². The van der Waals surface area contributed by atoms with E-state index in [1.54, 1.807) is 12.1 Å². The van der Waals surface area contributed by atoms with Crippen molar-refractivity contribution in [3.63, 3.8) is 0 Å². The van der Waals surface area contributed by atoms with E-state index in [2.05, 4.69) is 10.2 Å². The van der Waals surface area contributed by atoms with Gasteiger partial charge in [-0.15, -0.1) is 0 Å². The number of para-hydroxylation sites is 1. The molecule has 0 spiro atoms. The lowest BCUT2D eigenvalue weighted by Gasteiger charge is -2.21. The van der Waals surface area contributed by atoms with Crippen molar-refractivity contribution in [3.8, 4) is 0 Å². The second-order valence-electron chi connectivity index (χ2n) is 5.75. The zero-order valence-corrected chi connectivity index (χ0v) is 12.8. The lowest BCUT2D eigenvalue weighted by atomic mass is 10.1. The van der Waals surface area contributed by atoms with Crippen LogP contribution >= 0.6 is 0 Å². The van der Waals surface area contributed by atoms with E-state index in [9.17, 15) is 10.1 Å². The van der Waals surface area contributed by atoms with Crippen LogP contribution < -0.4 is 5.32 Å². The van der Waals surface area contributed by atoms with Crippen LogP contribution in [0.15, 0.2) is 24.3 Å². The Morgan fingerprint density at radius 3 is 2.57 bits per heavy atom. The highest BCUT2D eigenvalue weighted by Gasteiger charge is 2.17. The summed E-state index contributed by atoms with van der Waals surface area (Å²) in [6.45, 7) is 6.24. The molecule has 1 heterocycles. The van der Waals surface area contributed by atoms with E-state index >= 15 is 0 Å². The number of likely N-dealkylation sites (tertiary alicyclic amines) is 1. The van der Waals surface area contributed by atoms with Crippen LogP contribution in [-0.2, 0) is 0 Å². The summed E-state index contributed by atoms with van der Waals surface area (Å²) < 4.78 is 0. The standard InChI is InChI=1S/C16H25N3O2/c1-14(15-8-4-5-9-16(15)19(20)21)17-10-13-18-11-6-2-3-7-12-18/h4-5,8-9,14,17H,2-3,6-7,10-13H2,1H3. The Bertz CT molecular complexity index is 457. The van der Waals surface area contributed by atoms with Gasteiger partial charge in [0.05, 0.1) is 4.92 Å². The maximum Gasteiger partial charge on any atom is 0.274 e. The third kappa shape index (κ3) is 4.79. The minimum absolute atomic E-state index is 0.00132. The predicted octanol–water partition coefficient (Wildman–Crippen LogP) is 3.12. The van der Waals surface area contributed by atoms with Crippen LogP contribution in [0.1, 0.15) is 44.2 Å². The number of hydrogen-bond acceptors (Lipinski definition) is 4. The quantitative estimate of drug-likeness (QED) is 0.646. The third-order valence-electron chi connectivity index (χ3n) is 4.18. The molecular formula is C16H25N3O2. The second-order valence-corrected chi connectivity index (χ2v) is 5.75. The SMILES string of the molecule is CC(NCCN1CCCCCC1)c1ccccc1[N+](=O)[O-]. The van der Waals surface area contributed by atoms with Gasteiger partial charge in [-0.1, -0.05) is 31.0 Å². The molecule has 116 valence electrons. The summed E-state index contributed by atoms with van der Waals surface area (Å²) in [6.07, 6.45) is 5.27. The molecular weight excluding hydrogens is 266 g/mol. The number of benzene rings is 1. The Hall–Kier alpha value is -1.46. The molecule has 5 nitrogen and oxygen atoms in total. The molecule has 0 amide bonds. The van der Waals surface area contributed by atoms with E-state index < -0.39 is 0 Å². The van der Waals surface area contributed by atoms with Gasteiger partial charge in [-0.3, -0.25) is 10.1 Å². The predicted molar refractivity (Wildman–Crippen MR) is 84.4 cm³/mol. The largest absolute Gasteiger partial charge is 0.309 e. The molecule has 1 aromatic carbocycles. The van der Waals surface area contributed by atoms with Crippen molar-refractivity contribution >= 4 is 5.69 Å². The van der Waals surface area contributed by atoms with E-state index in [1.165, 1.54) is 38.8 Å². The fourth-order valence-electron chi connectivity index (χ4n) is 2.93. The first-order valence-electron chi connectivity index (χ1n) is 7.87. The molecule has 0 aromatic heterocycles. The number of rotatable bonds is 6. The summed E-state index contributed by atoms with van der Waals surface area (Å²) in [4.78, 5) is 13.2. The molecule has 1 atom stereocenters. The highest BCUT2D eigenvalue weighted by Crippen LogP contribution is 2.24. The topological polar surface area (TPSA) is 58.4 Å². The molecule has 1 fully saturated rings. The summed E-state index contributed by atoms with van der Waals surface area (Å²) in [5, 5.41) is 14.5. The van der Waals surface area contributed by atoms with E-state index in [1.807, 2.05) is 19.1 Å². The maximum atomic E-state index is 11.1. The summed E-state index contributed by atoms with van der Waals surface area (Å²) in [5.41, 5.74) is 0.964. The number of nitro groups is 1. The van der Waals surface area contributed by atoms with Gasteiger partial charge in [0, 0.05) is 30.8 Å². The summed E-state index contributed by atoms with van der Waals surface area (Å²) >= 11 is 0. The Kier molecular flexibility index (Phi) is 6.14. The number of nitrogens with one attached hydrogen (secondary N) is 1. The summed E-state index contributed by atoms with van der Waals surface area (Å²) in [7, 11) is 0. The first kappa shape index (κ1) is 15.9. The first-order chi connectivity index (χ1) is 10.2. The second kappa shape index (κ2) is 8.10. The lowest BCUT2D eigenvalue weighted by molar-refractivity contribution is -0.385. The minimum Gasteiger partial charge on any atom is -0.309 e. The molecule has 0 bridgehead atoms. The third-order valence-corrected chi connectivity index (χ3v) is 4.18. The fraction of sp³-hybridized carbons (Fsp3) is 0.625. The Labute approximate surface area is 126 Å². The Morgan fingerprint density at radius 2 is 1.90 bits per heavy atom. The molecule has 1 aliphatic heterocycles. The summed E-state index contributed by atoms with van der Waals surface area (Å²) in [6, 6.07) is 6.98. The Morgan fingerprint density at radius 1 is 1.24 bits per heavy atom. The normalized spacial score (nSPS) is 18.1. The highest BCUT2D eigenvalue weighted by atomic mass is 16.6. The van der Waals surface area contributed by atoms with Gasteiger partial charge in [0.25, 0.3) is 5.69 Å². The van der Waals surface area contributed by atoms with Crippen LogP contribution in [0.5, 0.6) is 0 Å². The monoisotopic (exact) mass is 291 g/mol. The van der Waals surface area contributed by atoms with E-state index in [0.29, 0.717) is 0 Å². The molecule has 21 heavy (non-hydrogen) atoms. The Balaban J connectivity index is 1.84. The molecule has 2 rings (SSSR count). The fourth-order valence-corrected chi connectivity index (χ4v) is 2.93. The molecule has 0 aliphatic carbocycles. The van der Waals surface area contributed by atoms with Crippen molar-refractivity contribution < 1.29 is 4.92 Å². The van der Waals surface area contributed by atoms with Crippen molar-refractivity contribution in [1.29, 1.82) is 0 Å². The number of nitro benzene ring substituents is 1. The van der Waals surface area contributed by atoms with E-state index in [0.717, 1.165) is 18.7 Å². The van der Waals surface area contributed by atoms with Crippen molar-refractivity contribution in [2.75, 3.05) is 26.2 Å². The zero-order chi connectivity index (χ0) is 15.1. The van der Waals surface area contributed by atoms with Gasteiger partial charge in [-0.2, -0.15) is 0 Å². The van der Waals surface area contributed by atoms with Crippen molar-refractivity contribution in [1.82, 2.24) is 10.2 Å². The van der Waals surface area contributed by atoms with Gasteiger partial charge >= 0.3 is 0 Å². The average molecular weight is 291 g/mol. The van der Waals surface area contributed by atoms with Gasteiger partial charge in [0.15, 0.2) is 0 Å². The number of nitrogens with zero attached hydrogens (tertiary/aromatic N) is 2. The van der Waals surface area contributed by atoms with Gasteiger partial charge < -0.3 is 10.2 Å². The van der Waals surface area contributed by atoms with Crippen LogP contribution in [-0.4, -0.2) is 36.0 Å². The minimum atomic E-state index is -0.303. The van der Waals surface area contributed by atoms with Crippen molar-refractivity contribution in [2.24, 2.45) is 0 Å². The number of hydrogen-bond donors (Lipinski definition) is 1. The van der Waals surface area contributed by atoms with Crippen LogP contribution in [0.25, 0.3) is 0 Å². The van der Waals surface area contributed by atoms with Gasteiger partial charge in [0.1, 0.15) is 0 Å². The molecule has 0 radical (unpaired) electrons. The molecule has 1 aromatic rings. The smallest absolute Gasteiger partial charge is 0.274 e. The van der Waals surface area contributed by atoms with E-state index in [-0.39, 0.29) is 16.7 Å². The molecule has 1 unspecified atom stereocenters. The van der Waals surface area contributed by atoms with Crippen LogP contribution in [0.3, 0.4) is 0 Å². The van der Waals surface area contributed by atoms with Crippen LogP contribution in [0.4, 0.5) is 5.69 Å². The lowest BCUT2D eigenvalue weighted by Crippen LogP contribution is -2.34. The highest BCUT2D eigenvalue weighted by molar-refractivity contribution is 5.41. The van der Waals surface area contributed by atoms with Gasteiger partial charge in [0.2, 0.25) is 0 Å². The van der Waals surface area contributed by atoms with Crippen LogP contribution in [0, 0.1) is 10.1 Å². The maximum absolute atomic E-state index is 11.1. The molecule has 0 saturated carbocycles. The van der Waals surface area contributed by atoms with Gasteiger partial charge in [-0.25, -0.2) is 0 Å². The first-order valence-corrected chi connectivity index (χ1v) is 7.87. The zero-order valence-electron chi connectivity index (χ0n) is 12.8. The molecule has 1 saturated heterocycles. The van der Waals surface area contributed by atoms with Crippen molar-refractivity contribution in [2.45, 2.75) is 38.6 Å². The molecule has 1 aliphatic rings. The van der Waals surface area contributed by atoms with E-state index in [4.69, 9.17) is 0 Å².